The molecule has 3 aromatic rings. The number of carbonyl (C=O) groups is 1. The first kappa shape index (κ1) is 27.8. The molecule has 1 aromatic heterocycles. The van der Waals surface area contributed by atoms with E-state index < -0.39 is 10.0 Å². The molecule has 2 heterocycles. The summed E-state index contributed by atoms with van der Waals surface area (Å²) in [5, 5.41) is 0. The van der Waals surface area contributed by atoms with E-state index in [0.717, 1.165) is 17.5 Å². The molecule has 1 unspecified atom stereocenters. The lowest BCUT2D eigenvalue weighted by atomic mass is 10.1. The van der Waals surface area contributed by atoms with Crippen molar-refractivity contribution in [3.63, 3.8) is 0 Å². The molecule has 0 saturated carbocycles. The number of pyridine rings is 1. The molecular formula is C29H35N3O5S. The number of benzene rings is 2. The number of nitrogens with zero attached hydrogens (tertiary/aromatic N) is 3. The first-order chi connectivity index (χ1) is 18.2. The first-order valence-corrected chi connectivity index (χ1v) is 14.2. The van der Waals surface area contributed by atoms with E-state index in [2.05, 4.69) is 4.98 Å². The predicted molar refractivity (Wildman–Crippen MR) is 147 cm³/mol. The minimum absolute atomic E-state index is 0.139. The van der Waals surface area contributed by atoms with Gasteiger partial charge >= 0.3 is 0 Å². The molecule has 0 radical (unpaired) electrons. The van der Waals surface area contributed by atoms with E-state index >= 15 is 0 Å². The average molecular weight is 538 g/mol. The number of carbonyl (C=O) groups excluding carboxylic acids is 1. The number of rotatable bonds is 10. The Bertz CT molecular complexity index is 1350. The Morgan fingerprint density at radius 1 is 1.08 bits per heavy atom. The van der Waals surface area contributed by atoms with Gasteiger partial charge in [-0.25, -0.2) is 13.4 Å². The molecule has 8 nitrogen and oxygen atoms in total. The second kappa shape index (κ2) is 12.1. The van der Waals surface area contributed by atoms with Gasteiger partial charge in [0.05, 0.1) is 25.2 Å². The van der Waals surface area contributed by atoms with Gasteiger partial charge in [0.15, 0.2) is 0 Å². The van der Waals surface area contributed by atoms with E-state index in [-0.39, 0.29) is 25.2 Å². The third kappa shape index (κ3) is 6.23. The summed E-state index contributed by atoms with van der Waals surface area (Å²) in [6.07, 6.45) is 3.10. The van der Waals surface area contributed by atoms with E-state index in [1.807, 2.05) is 49.4 Å². The summed E-state index contributed by atoms with van der Waals surface area (Å²) in [5.74, 6) is 0.945. The number of aryl methyl sites for hydroxylation is 3. The predicted octanol–water partition coefficient (Wildman–Crippen LogP) is 4.42. The molecule has 1 amide bonds. The number of ether oxygens (including phenoxy) is 2. The van der Waals surface area contributed by atoms with Crippen LogP contribution in [0.3, 0.4) is 0 Å². The van der Waals surface area contributed by atoms with Crippen molar-refractivity contribution < 1.29 is 22.7 Å². The lowest BCUT2D eigenvalue weighted by Gasteiger charge is -2.26. The maximum absolute atomic E-state index is 13.7. The summed E-state index contributed by atoms with van der Waals surface area (Å²) in [7, 11) is -2.17. The molecule has 1 atom stereocenters. The zero-order valence-corrected chi connectivity index (χ0v) is 23.2. The van der Waals surface area contributed by atoms with Gasteiger partial charge in [0, 0.05) is 18.8 Å². The molecule has 1 aliphatic heterocycles. The third-order valence-corrected chi connectivity index (χ3v) is 9.02. The van der Waals surface area contributed by atoms with Crippen molar-refractivity contribution in [2.24, 2.45) is 0 Å². The summed E-state index contributed by atoms with van der Waals surface area (Å²) in [4.78, 5) is 19.6. The summed E-state index contributed by atoms with van der Waals surface area (Å²) in [6, 6.07) is 16.6. The van der Waals surface area contributed by atoms with Crippen LogP contribution in [-0.2, 0) is 26.1 Å². The lowest BCUT2D eigenvalue weighted by molar-refractivity contribution is -0.123. The van der Waals surface area contributed by atoms with Crippen LogP contribution in [0.2, 0.25) is 0 Å². The van der Waals surface area contributed by atoms with Crippen LogP contribution in [0.4, 0.5) is 5.82 Å². The number of aromatic nitrogens is 1. The fourth-order valence-corrected chi connectivity index (χ4v) is 7.03. The van der Waals surface area contributed by atoms with Gasteiger partial charge < -0.3 is 9.47 Å². The number of hydrogen-bond acceptors (Lipinski definition) is 6. The highest BCUT2D eigenvalue weighted by Gasteiger charge is 2.37. The van der Waals surface area contributed by atoms with Crippen molar-refractivity contribution >= 4 is 21.7 Å². The highest BCUT2D eigenvalue weighted by molar-refractivity contribution is 7.89. The quantitative estimate of drug-likeness (QED) is 0.381. The second-order valence-electron chi connectivity index (χ2n) is 9.67. The number of hydrogen-bond donors (Lipinski definition) is 0. The smallest absolute Gasteiger partial charge is 0.254 e. The van der Waals surface area contributed by atoms with Gasteiger partial charge in [-0.1, -0.05) is 30.3 Å². The van der Waals surface area contributed by atoms with Gasteiger partial charge in [-0.3, -0.25) is 9.69 Å². The fourth-order valence-electron chi connectivity index (χ4n) is 4.94. The Labute approximate surface area is 225 Å². The Morgan fingerprint density at radius 2 is 1.79 bits per heavy atom. The number of sulfonamides is 1. The molecule has 4 rings (SSSR count). The highest BCUT2D eigenvalue weighted by atomic mass is 32.2. The van der Waals surface area contributed by atoms with Crippen molar-refractivity contribution in [3.8, 4) is 5.75 Å². The van der Waals surface area contributed by atoms with E-state index in [0.29, 0.717) is 47.1 Å². The van der Waals surface area contributed by atoms with Crippen LogP contribution in [0.25, 0.3) is 0 Å². The molecule has 202 valence electrons. The molecule has 1 aliphatic rings. The average Bonchev–Trinajstić information content (AvgIpc) is 3.37. The molecule has 0 spiro atoms. The Hall–Kier alpha value is -3.27. The van der Waals surface area contributed by atoms with Crippen molar-refractivity contribution in [1.29, 1.82) is 0 Å². The van der Waals surface area contributed by atoms with Crippen LogP contribution >= 0.6 is 0 Å². The van der Waals surface area contributed by atoms with Crippen molar-refractivity contribution in [1.82, 2.24) is 9.29 Å². The Morgan fingerprint density at radius 3 is 2.45 bits per heavy atom. The molecular weight excluding hydrogens is 502 g/mol. The molecule has 1 fully saturated rings. The van der Waals surface area contributed by atoms with Crippen LogP contribution in [-0.4, -0.2) is 56.5 Å². The zero-order valence-electron chi connectivity index (χ0n) is 22.4. The second-order valence-corrected chi connectivity index (χ2v) is 11.5. The molecule has 0 aliphatic carbocycles. The van der Waals surface area contributed by atoms with Gasteiger partial charge in [-0.05, 0) is 80.1 Å². The van der Waals surface area contributed by atoms with Gasteiger partial charge in [0.2, 0.25) is 10.0 Å². The van der Waals surface area contributed by atoms with Gasteiger partial charge in [-0.15, -0.1) is 0 Å². The van der Waals surface area contributed by atoms with E-state index in [1.165, 1.54) is 4.31 Å². The maximum atomic E-state index is 13.7. The first-order valence-electron chi connectivity index (χ1n) is 12.7. The Balaban J connectivity index is 1.46. The minimum Gasteiger partial charge on any atom is -0.497 e. The molecule has 1 saturated heterocycles. The Kier molecular flexibility index (Phi) is 8.81. The normalized spacial score (nSPS) is 15.9. The van der Waals surface area contributed by atoms with Gasteiger partial charge in [-0.2, -0.15) is 4.31 Å². The molecule has 38 heavy (non-hydrogen) atoms. The topological polar surface area (TPSA) is 89.0 Å². The van der Waals surface area contributed by atoms with Crippen molar-refractivity contribution in [2.75, 3.05) is 31.8 Å². The minimum atomic E-state index is -3.74. The molecule has 0 bridgehead atoms. The van der Waals surface area contributed by atoms with Crippen LogP contribution < -0.4 is 9.64 Å². The van der Waals surface area contributed by atoms with Crippen LogP contribution in [0.5, 0.6) is 5.75 Å². The monoisotopic (exact) mass is 537 g/mol. The molecule has 0 N–H and O–H groups in total. The summed E-state index contributed by atoms with van der Waals surface area (Å²) >= 11 is 0. The molecule has 9 heteroatoms. The summed E-state index contributed by atoms with van der Waals surface area (Å²) in [6.45, 7) is 6.26. The van der Waals surface area contributed by atoms with E-state index in [1.54, 1.807) is 44.2 Å². The molecule has 2 aromatic carbocycles. The summed E-state index contributed by atoms with van der Waals surface area (Å²) in [5.41, 5.74) is 3.26. The lowest BCUT2D eigenvalue weighted by Crippen LogP contribution is -2.40. The van der Waals surface area contributed by atoms with E-state index in [9.17, 15) is 13.2 Å². The van der Waals surface area contributed by atoms with Crippen LogP contribution in [0, 0.1) is 20.8 Å². The van der Waals surface area contributed by atoms with Crippen LogP contribution in [0.15, 0.2) is 65.7 Å². The number of amides is 1. The maximum Gasteiger partial charge on any atom is 0.254 e. The van der Waals surface area contributed by atoms with Crippen molar-refractivity contribution in [2.45, 2.75) is 51.1 Å². The third-order valence-electron chi connectivity index (χ3n) is 6.76. The highest BCUT2D eigenvalue weighted by Crippen LogP contribution is 2.32. The van der Waals surface area contributed by atoms with Gasteiger partial charge in [0.1, 0.15) is 18.2 Å². The van der Waals surface area contributed by atoms with E-state index in [4.69, 9.17) is 9.47 Å². The SMILES string of the molecule is COc1cc(C)c(S(=O)(=O)N2CCCC2COCC(=O)N(Cc2ccccc2)c2cc(C)ccn2)c(C)c1. The fraction of sp³-hybridized carbons (Fsp3) is 0.379. The number of methoxy groups -OCH3 is 1. The zero-order chi connectivity index (χ0) is 27.3. The van der Waals surface area contributed by atoms with Crippen molar-refractivity contribution in [3.05, 3.63) is 83.0 Å². The van der Waals surface area contributed by atoms with Gasteiger partial charge in [0.25, 0.3) is 5.91 Å². The largest absolute Gasteiger partial charge is 0.497 e. The standard InChI is InChI=1S/C29H35N3O5S/c1-21-12-13-30-27(15-21)31(18-24-9-6-5-7-10-24)28(33)20-37-19-25-11-8-14-32(25)38(34,35)29-22(2)16-26(36-4)17-23(29)3/h5-7,9-10,12-13,15-17,25H,8,11,14,18-20H2,1-4H3. The summed E-state index contributed by atoms with van der Waals surface area (Å²) < 4.78 is 40.0. The van der Waals surface area contributed by atoms with Crippen LogP contribution in [0.1, 0.15) is 35.1 Å². The number of anilines is 1.